The Labute approximate surface area is 401 Å². The second-order valence-corrected chi connectivity index (χ2v) is 0. The Kier molecular flexibility index (Phi) is 2140. The molecule has 0 bridgehead atoms. The van der Waals surface area contributed by atoms with Gasteiger partial charge in [0.1, 0.15) is 0 Å². The van der Waals surface area contributed by atoms with Crippen LogP contribution in [0.4, 0.5) is 0 Å². The number of hydrogen-bond acceptors (Lipinski definition) is 0. The van der Waals surface area contributed by atoms with E-state index >= 15 is 0 Å². The average Bonchev–Trinajstić information content (AvgIpc) is 0. The van der Waals surface area contributed by atoms with E-state index in [0.29, 0.717) is 0 Å². The summed E-state index contributed by atoms with van der Waals surface area (Å²) in [7, 11) is 0. The van der Waals surface area contributed by atoms with E-state index in [0.717, 1.165) is 0 Å². The molecule has 0 amide bonds. The molecule has 0 aliphatic carbocycles. The van der Waals surface area contributed by atoms with E-state index in [2.05, 4.69) is 0 Å². The number of hydrogen-bond donors (Lipinski definition) is 0. The van der Waals surface area contributed by atoms with Crippen molar-refractivity contribution in [3.63, 3.8) is 0 Å². The first kappa shape index (κ1) is 217. The van der Waals surface area contributed by atoms with Gasteiger partial charge in [-0.3, -0.25) is 0 Å². The molecule has 140 valence electrons. The molecule has 20 heteroatoms. The maximum atomic E-state index is 0. The summed E-state index contributed by atoms with van der Waals surface area (Å²) in [6.07, 6.45) is 0. The molecule has 0 nitrogen and oxygen atoms in total. The molecule has 0 rings (SSSR count). The van der Waals surface area contributed by atoms with Crippen molar-refractivity contribution in [1.29, 1.82) is 0 Å². The number of rotatable bonds is 0. The Bertz CT molecular complexity index is 16.2. The molecule has 0 aromatic heterocycles. The van der Waals surface area contributed by atoms with Gasteiger partial charge in [0, 0.05) is 0 Å². The Morgan fingerprint density at radius 1 is 0.100 bits per heavy atom. The van der Waals surface area contributed by atoms with E-state index in [-0.39, 0.29) is 414 Å². The van der Waals surface area contributed by atoms with Gasteiger partial charge in [-0.15, -0.1) is 186 Å². The van der Waals surface area contributed by atoms with Gasteiger partial charge < -0.3 is 0 Å². The summed E-state index contributed by atoms with van der Waals surface area (Å²) in [5.41, 5.74) is 0. The molecule has 0 N–H and O–H groups in total. The monoisotopic (exact) mass is 989 g/mol. The van der Waals surface area contributed by atoms with Gasteiger partial charge in [-0.25, -0.2) is 0 Å². The van der Waals surface area contributed by atoms with E-state index in [4.69, 9.17) is 0 Å². The summed E-state index contributed by atoms with van der Waals surface area (Å²) in [5.74, 6) is 0. The molecule has 0 aliphatic heterocycles. The van der Waals surface area contributed by atoms with Crippen LogP contribution in [0.25, 0.3) is 0 Å². The molecular weight excluding hydrogens is 970 g/mol. The SMILES string of the molecule is Cl.Cl.Cl.Cl.Cl.Cl.Cl.Cl.Cl.Cl.Cl.Cl.Cl.Cl.Cl.[SrH2].[SrH2].[SrH2].[SrH2].[SrH2]. The van der Waals surface area contributed by atoms with Crippen molar-refractivity contribution in [3.8, 4) is 0 Å². The minimum atomic E-state index is 0. The molecule has 0 unspecified atom stereocenters. The van der Waals surface area contributed by atoms with Crippen LogP contribution in [0.15, 0.2) is 0 Å². The van der Waals surface area contributed by atoms with Gasteiger partial charge in [0.15, 0.2) is 0 Å². The van der Waals surface area contributed by atoms with Crippen molar-refractivity contribution in [2.45, 2.75) is 0 Å². The fourth-order valence-electron chi connectivity index (χ4n) is 0. The van der Waals surface area contributed by atoms with Crippen LogP contribution in [-0.2, 0) is 0 Å². The zero-order valence-electron chi connectivity index (χ0n) is 6.12. The van der Waals surface area contributed by atoms with Gasteiger partial charge in [0.25, 0.3) is 0 Å². The van der Waals surface area contributed by atoms with Crippen molar-refractivity contribution >= 4 is 414 Å². The molecular formula is H25Cl15Sr5. The standard InChI is InChI=1S/15ClH.5Sr.10H/h15*1H;;;;;;;;;;;;;;;. The van der Waals surface area contributed by atoms with E-state index in [1.165, 1.54) is 0 Å². The Morgan fingerprint density at radius 2 is 0.100 bits per heavy atom. The van der Waals surface area contributed by atoms with Crippen LogP contribution in [0.5, 0.6) is 0 Å². The topological polar surface area (TPSA) is 0 Å². The third-order valence-corrected chi connectivity index (χ3v) is 0. The van der Waals surface area contributed by atoms with Crippen LogP contribution >= 0.6 is 186 Å². The fourth-order valence-corrected chi connectivity index (χ4v) is 0. The molecule has 0 radical (unpaired) electrons. The van der Waals surface area contributed by atoms with E-state index in [1.54, 1.807) is 0 Å². The Morgan fingerprint density at radius 3 is 0.100 bits per heavy atom. The normalized spacial score (nSPS) is 0. The molecule has 0 aromatic carbocycles. The molecule has 0 atom stereocenters. The van der Waals surface area contributed by atoms with E-state index in [1.807, 2.05) is 0 Å². The predicted molar refractivity (Wildman–Crippen MR) is 151 cm³/mol. The van der Waals surface area contributed by atoms with Crippen LogP contribution in [-0.4, -0.2) is 227 Å². The Hall–Kier alpha value is 11.8. The average molecular weight is 995 g/mol. The quantitative estimate of drug-likeness (QED) is 0.325. The first-order chi connectivity index (χ1) is 0. The van der Waals surface area contributed by atoms with Gasteiger partial charge in [-0.1, -0.05) is 0 Å². The first-order valence-corrected chi connectivity index (χ1v) is 0. The minimum absolute atomic E-state index is 0. The molecule has 0 heterocycles. The van der Waals surface area contributed by atoms with Crippen LogP contribution in [0.1, 0.15) is 0 Å². The Balaban J connectivity index is 0. The van der Waals surface area contributed by atoms with E-state index < -0.39 is 0 Å². The summed E-state index contributed by atoms with van der Waals surface area (Å²) in [5, 5.41) is 0. The van der Waals surface area contributed by atoms with Gasteiger partial charge in [-0.05, 0) is 0 Å². The molecule has 20 heavy (non-hydrogen) atoms. The van der Waals surface area contributed by atoms with Gasteiger partial charge in [0.05, 0.1) is 0 Å². The molecule has 0 fully saturated rings. The van der Waals surface area contributed by atoms with Crippen molar-refractivity contribution < 1.29 is 0 Å². The summed E-state index contributed by atoms with van der Waals surface area (Å²) >= 11 is 0. The fraction of sp³-hybridized carbons (Fsp3) is 0. The van der Waals surface area contributed by atoms with Crippen molar-refractivity contribution in [2.24, 2.45) is 0 Å². The van der Waals surface area contributed by atoms with Crippen molar-refractivity contribution in [2.75, 3.05) is 0 Å². The van der Waals surface area contributed by atoms with Crippen LogP contribution in [0.2, 0.25) is 0 Å². The van der Waals surface area contributed by atoms with Crippen molar-refractivity contribution in [3.05, 3.63) is 0 Å². The second-order valence-electron chi connectivity index (χ2n) is 0. The van der Waals surface area contributed by atoms with Crippen molar-refractivity contribution in [1.82, 2.24) is 0 Å². The molecule has 0 spiro atoms. The molecule has 0 saturated carbocycles. The van der Waals surface area contributed by atoms with Gasteiger partial charge >= 0.3 is 227 Å². The predicted octanol–water partition coefficient (Wildman–Crippen LogP) is 1.75. The van der Waals surface area contributed by atoms with E-state index in [9.17, 15) is 0 Å². The zero-order chi connectivity index (χ0) is 0. The van der Waals surface area contributed by atoms with Gasteiger partial charge in [-0.2, -0.15) is 0 Å². The molecule has 0 aliphatic rings. The zero-order valence-corrected chi connectivity index (χ0v) is 18.4. The van der Waals surface area contributed by atoms with Crippen LogP contribution in [0.3, 0.4) is 0 Å². The molecule has 0 aromatic rings. The third kappa shape index (κ3) is 178. The number of halogens is 15. The van der Waals surface area contributed by atoms with Crippen LogP contribution < -0.4 is 0 Å². The van der Waals surface area contributed by atoms with Crippen LogP contribution in [0, 0.1) is 0 Å². The maximum absolute atomic E-state index is 0. The summed E-state index contributed by atoms with van der Waals surface area (Å²) in [4.78, 5) is 0. The summed E-state index contributed by atoms with van der Waals surface area (Å²) in [6, 6.07) is 0. The first-order valence-electron chi connectivity index (χ1n) is 0. The van der Waals surface area contributed by atoms with Gasteiger partial charge in [0.2, 0.25) is 0 Å². The third-order valence-electron chi connectivity index (χ3n) is 0. The summed E-state index contributed by atoms with van der Waals surface area (Å²) in [6.45, 7) is 0. The molecule has 0 saturated heterocycles. The summed E-state index contributed by atoms with van der Waals surface area (Å²) < 4.78 is 0. The second kappa shape index (κ2) is 197.